The molecule has 0 aliphatic carbocycles. The third-order valence-electron chi connectivity index (χ3n) is 4.15. The van der Waals surface area contributed by atoms with Crippen LogP contribution in [0.5, 0.6) is 0 Å². The number of aryl methyl sites for hydroxylation is 1. The van der Waals surface area contributed by atoms with Gasteiger partial charge in [-0.15, -0.1) is 0 Å². The summed E-state index contributed by atoms with van der Waals surface area (Å²) in [6.07, 6.45) is 0.596. The molecule has 2 aromatic carbocycles. The van der Waals surface area contributed by atoms with Crippen LogP contribution >= 0.6 is 0 Å². The van der Waals surface area contributed by atoms with Gasteiger partial charge in [0.05, 0.1) is 0 Å². The summed E-state index contributed by atoms with van der Waals surface area (Å²) in [6.45, 7) is 4.41. The summed E-state index contributed by atoms with van der Waals surface area (Å²) >= 11 is 0. The number of amides is 1. The summed E-state index contributed by atoms with van der Waals surface area (Å²) in [5.74, 6) is 0.241. The number of hydrogen-bond acceptors (Lipinski definition) is 2. The fourth-order valence-corrected chi connectivity index (χ4v) is 2.83. The third-order valence-corrected chi connectivity index (χ3v) is 4.15. The zero-order valence-electron chi connectivity index (χ0n) is 13.0. The van der Waals surface area contributed by atoms with Gasteiger partial charge in [-0.25, -0.2) is 0 Å². The van der Waals surface area contributed by atoms with Crippen molar-refractivity contribution in [2.24, 2.45) is 0 Å². The van der Waals surface area contributed by atoms with Crippen LogP contribution < -0.4 is 5.32 Å². The maximum absolute atomic E-state index is 12.1. The van der Waals surface area contributed by atoms with Crippen LogP contribution in [0.3, 0.4) is 0 Å². The summed E-state index contributed by atoms with van der Waals surface area (Å²) in [5.41, 5.74) is 3.73. The number of likely N-dealkylation sites (tertiary alicyclic amines) is 1. The van der Waals surface area contributed by atoms with Gasteiger partial charge in [0.1, 0.15) is 0 Å². The van der Waals surface area contributed by atoms with Crippen LogP contribution in [0.1, 0.15) is 23.1 Å². The van der Waals surface area contributed by atoms with Gasteiger partial charge in [-0.1, -0.05) is 60.2 Å². The first kappa shape index (κ1) is 14.8. The van der Waals surface area contributed by atoms with E-state index in [4.69, 9.17) is 0 Å². The van der Waals surface area contributed by atoms with Crippen LogP contribution in [0.4, 0.5) is 0 Å². The maximum atomic E-state index is 12.1. The van der Waals surface area contributed by atoms with Crippen molar-refractivity contribution < 1.29 is 4.79 Å². The summed E-state index contributed by atoms with van der Waals surface area (Å²) in [5, 5.41) is 3.50. The number of nitrogens with zero attached hydrogens (tertiary/aromatic N) is 1. The van der Waals surface area contributed by atoms with E-state index in [9.17, 15) is 4.79 Å². The van der Waals surface area contributed by atoms with Gasteiger partial charge in [0.25, 0.3) is 0 Å². The van der Waals surface area contributed by atoms with Crippen molar-refractivity contribution >= 4 is 5.91 Å². The minimum atomic E-state index is 0.241. The molecule has 1 saturated heterocycles. The van der Waals surface area contributed by atoms with E-state index in [1.165, 1.54) is 16.7 Å². The highest BCUT2D eigenvalue weighted by atomic mass is 16.2. The average molecular weight is 294 g/mol. The van der Waals surface area contributed by atoms with Crippen molar-refractivity contribution in [3.63, 3.8) is 0 Å². The number of carbonyl (C=O) groups excluding carboxylic acids is 1. The van der Waals surface area contributed by atoms with Crippen molar-refractivity contribution in [3.8, 4) is 0 Å². The molecule has 1 N–H and O–H groups in total. The molecule has 1 aliphatic rings. The number of rotatable bonds is 5. The number of nitrogens with one attached hydrogen (secondary N) is 1. The smallest absolute Gasteiger partial charge is 0.224 e. The summed E-state index contributed by atoms with van der Waals surface area (Å²) in [7, 11) is 0. The highest BCUT2D eigenvalue weighted by Gasteiger charge is 2.28. The first-order valence-electron chi connectivity index (χ1n) is 7.81. The summed E-state index contributed by atoms with van der Waals surface area (Å²) in [6, 6.07) is 18.9. The average Bonchev–Trinajstić information content (AvgIpc) is 2.88. The van der Waals surface area contributed by atoms with Gasteiger partial charge in [0.15, 0.2) is 0 Å². The van der Waals surface area contributed by atoms with E-state index in [1.54, 1.807) is 0 Å². The van der Waals surface area contributed by atoms with Crippen LogP contribution in [0.15, 0.2) is 54.6 Å². The molecule has 3 heteroatoms. The van der Waals surface area contributed by atoms with Crippen LogP contribution in [0.2, 0.25) is 0 Å². The van der Waals surface area contributed by atoms with E-state index >= 15 is 0 Å². The molecule has 22 heavy (non-hydrogen) atoms. The summed E-state index contributed by atoms with van der Waals surface area (Å²) < 4.78 is 0. The molecule has 1 aliphatic heterocycles. The van der Waals surface area contributed by atoms with Crippen molar-refractivity contribution in [1.82, 2.24) is 10.2 Å². The molecule has 1 unspecified atom stereocenters. The second-order valence-electron chi connectivity index (χ2n) is 6.03. The molecule has 0 saturated carbocycles. The van der Waals surface area contributed by atoms with E-state index in [0.29, 0.717) is 13.0 Å². The number of hydrogen-bond donors (Lipinski definition) is 1. The molecule has 114 valence electrons. The topological polar surface area (TPSA) is 32.3 Å². The second kappa shape index (κ2) is 6.75. The van der Waals surface area contributed by atoms with Crippen molar-refractivity contribution in [2.75, 3.05) is 6.54 Å². The highest BCUT2D eigenvalue weighted by Crippen LogP contribution is 2.15. The Hall–Kier alpha value is -2.13. The van der Waals surface area contributed by atoms with Crippen LogP contribution in [0.25, 0.3) is 0 Å². The van der Waals surface area contributed by atoms with E-state index in [2.05, 4.69) is 48.6 Å². The molecule has 3 nitrogen and oxygen atoms in total. The monoisotopic (exact) mass is 294 g/mol. The van der Waals surface area contributed by atoms with Crippen molar-refractivity contribution in [2.45, 2.75) is 32.5 Å². The molecule has 0 aromatic heterocycles. The second-order valence-corrected chi connectivity index (χ2v) is 6.03. The third kappa shape index (κ3) is 3.74. The van der Waals surface area contributed by atoms with Crippen LogP contribution in [-0.4, -0.2) is 23.4 Å². The molecule has 1 heterocycles. The molecule has 0 bridgehead atoms. The van der Waals surface area contributed by atoms with Crippen LogP contribution in [-0.2, 0) is 17.9 Å². The molecule has 1 amide bonds. The fourth-order valence-electron chi connectivity index (χ4n) is 2.83. The Morgan fingerprint density at radius 1 is 1.05 bits per heavy atom. The number of carbonyl (C=O) groups is 1. The Bertz CT molecular complexity index is 622. The van der Waals surface area contributed by atoms with Gasteiger partial charge in [-0.05, 0) is 18.1 Å². The Labute approximate surface area is 132 Å². The van der Waals surface area contributed by atoms with Crippen molar-refractivity contribution in [3.05, 3.63) is 71.3 Å². The predicted octanol–water partition coefficient (Wildman–Crippen LogP) is 2.89. The minimum absolute atomic E-state index is 0.241. The minimum Gasteiger partial charge on any atom is -0.337 e. The molecule has 1 atom stereocenters. The van der Waals surface area contributed by atoms with Gasteiger partial charge in [-0.2, -0.15) is 0 Å². The fraction of sp³-hybridized carbons (Fsp3) is 0.316. The van der Waals surface area contributed by atoms with Gasteiger partial charge in [-0.3, -0.25) is 4.79 Å². The standard InChI is InChI=1S/C19H22N2O/c1-15-7-9-16(10-8-15)12-20-18-11-19(22)21(14-18)13-17-5-3-2-4-6-17/h2-10,18,20H,11-14H2,1H3. The SMILES string of the molecule is Cc1ccc(CNC2CC(=O)N(Cc3ccccc3)C2)cc1. The van der Waals surface area contributed by atoms with Gasteiger partial charge in [0, 0.05) is 32.1 Å². The Kier molecular flexibility index (Phi) is 4.54. The van der Waals surface area contributed by atoms with Gasteiger partial charge >= 0.3 is 0 Å². The molecule has 1 fully saturated rings. The Morgan fingerprint density at radius 2 is 1.77 bits per heavy atom. The molecular formula is C19H22N2O. The lowest BCUT2D eigenvalue weighted by molar-refractivity contribution is -0.128. The molecule has 0 spiro atoms. The van der Waals surface area contributed by atoms with Gasteiger partial charge < -0.3 is 10.2 Å². The Morgan fingerprint density at radius 3 is 2.50 bits per heavy atom. The van der Waals surface area contributed by atoms with E-state index in [0.717, 1.165) is 13.1 Å². The largest absolute Gasteiger partial charge is 0.337 e. The van der Waals surface area contributed by atoms with Gasteiger partial charge in [0.2, 0.25) is 5.91 Å². The Balaban J connectivity index is 1.52. The maximum Gasteiger partial charge on any atom is 0.224 e. The number of benzene rings is 2. The first-order chi connectivity index (χ1) is 10.7. The zero-order valence-corrected chi connectivity index (χ0v) is 13.0. The predicted molar refractivity (Wildman–Crippen MR) is 88.3 cm³/mol. The lowest BCUT2D eigenvalue weighted by atomic mass is 10.1. The normalized spacial score (nSPS) is 18.0. The highest BCUT2D eigenvalue weighted by molar-refractivity contribution is 5.79. The van der Waals surface area contributed by atoms with Crippen molar-refractivity contribution in [1.29, 1.82) is 0 Å². The molecule has 0 radical (unpaired) electrons. The summed E-state index contributed by atoms with van der Waals surface area (Å²) in [4.78, 5) is 14.1. The zero-order chi connectivity index (χ0) is 15.4. The molecule has 2 aromatic rings. The quantitative estimate of drug-likeness (QED) is 0.919. The lowest BCUT2D eigenvalue weighted by Gasteiger charge is -2.17. The van der Waals surface area contributed by atoms with Crippen LogP contribution in [0, 0.1) is 6.92 Å². The molecular weight excluding hydrogens is 272 g/mol. The lowest BCUT2D eigenvalue weighted by Crippen LogP contribution is -2.32. The molecule has 3 rings (SSSR count). The van der Waals surface area contributed by atoms with E-state index < -0.39 is 0 Å². The van der Waals surface area contributed by atoms with E-state index in [-0.39, 0.29) is 11.9 Å². The first-order valence-corrected chi connectivity index (χ1v) is 7.81. The van der Waals surface area contributed by atoms with E-state index in [1.807, 2.05) is 23.1 Å².